The number of carbonyl (C=O) groups is 1. The van der Waals surface area contributed by atoms with Gasteiger partial charge in [0.25, 0.3) is 0 Å². The summed E-state index contributed by atoms with van der Waals surface area (Å²) in [5.41, 5.74) is -1.30. The molecule has 0 radical (unpaired) electrons. The lowest BCUT2D eigenvalue weighted by Gasteiger charge is -2.38. The summed E-state index contributed by atoms with van der Waals surface area (Å²) in [7, 11) is 1.23. The Morgan fingerprint density at radius 1 is 0.971 bits per heavy atom. The molecule has 186 valence electrons. The third-order valence-electron chi connectivity index (χ3n) is 5.46. The Bertz CT molecular complexity index is 1330. The number of rotatable bonds is 5. The van der Waals surface area contributed by atoms with Crippen LogP contribution in [-0.4, -0.2) is 79.5 Å². The lowest BCUT2D eigenvalue weighted by Crippen LogP contribution is -2.61. The van der Waals surface area contributed by atoms with Crippen LogP contribution in [0.2, 0.25) is 0 Å². The van der Waals surface area contributed by atoms with Gasteiger partial charge in [0, 0.05) is 11.6 Å². The van der Waals surface area contributed by atoms with Crippen LogP contribution < -0.4 is 14.9 Å². The summed E-state index contributed by atoms with van der Waals surface area (Å²) >= 11 is 0. The molecule has 5 atom stereocenters. The Balaban J connectivity index is 1.67. The molecular weight excluding hydrogens is 472 g/mol. The number of benzene rings is 2. The molecule has 1 saturated heterocycles. The van der Waals surface area contributed by atoms with Crippen molar-refractivity contribution in [1.29, 1.82) is 0 Å². The van der Waals surface area contributed by atoms with Crippen molar-refractivity contribution in [2.24, 2.45) is 0 Å². The van der Waals surface area contributed by atoms with Crippen molar-refractivity contribution in [3.8, 4) is 40.1 Å². The number of fused-ring (bicyclic) bond motifs is 1. The number of hydrogen-bond acceptors (Lipinski definition) is 12. The first-order chi connectivity index (χ1) is 16.5. The Labute approximate surface area is 195 Å². The Morgan fingerprint density at radius 3 is 2.23 bits per heavy atom. The number of phenolic OH excluding ortho intramolecular Hbond substituents is 2. The summed E-state index contributed by atoms with van der Waals surface area (Å²) in [6, 6.07) is 6.24. The van der Waals surface area contributed by atoms with Crippen LogP contribution in [0.4, 0.5) is 0 Å². The SMILES string of the molecule is COc1cc(O)c2c(=O)c(O)c(-c3ccc(OC4OC(C(=O)O)C(O)C(O)C4O)cc3)oc2c1O. The molecule has 0 spiro atoms. The predicted octanol–water partition coefficient (Wildman–Crippen LogP) is -0.144. The molecule has 0 amide bonds. The average molecular weight is 492 g/mol. The molecule has 2 heterocycles. The van der Waals surface area contributed by atoms with E-state index >= 15 is 0 Å². The van der Waals surface area contributed by atoms with E-state index in [1.807, 2.05) is 0 Å². The summed E-state index contributed by atoms with van der Waals surface area (Å²) < 4.78 is 20.9. The summed E-state index contributed by atoms with van der Waals surface area (Å²) in [5, 5.41) is 69.2. The Kier molecular flexibility index (Phi) is 6.17. The number of aliphatic carboxylic acids is 1. The molecule has 0 aliphatic carbocycles. The van der Waals surface area contributed by atoms with Gasteiger partial charge < -0.3 is 54.4 Å². The zero-order valence-corrected chi connectivity index (χ0v) is 17.9. The fourth-order valence-electron chi connectivity index (χ4n) is 3.62. The van der Waals surface area contributed by atoms with Crippen LogP contribution >= 0.6 is 0 Å². The van der Waals surface area contributed by atoms with E-state index in [-0.39, 0.29) is 22.8 Å². The van der Waals surface area contributed by atoms with Crippen molar-refractivity contribution >= 4 is 16.9 Å². The minimum absolute atomic E-state index is 0.0234. The number of phenols is 2. The first kappa shape index (κ1) is 24.1. The number of carboxylic acid groups (broad SMARTS) is 1. The summed E-state index contributed by atoms with van der Waals surface area (Å²) in [5.74, 6) is -4.07. The van der Waals surface area contributed by atoms with E-state index in [1.165, 1.54) is 31.4 Å². The molecule has 4 rings (SSSR count). The normalized spacial score (nSPS) is 24.3. The minimum Gasteiger partial charge on any atom is -0.507 e. The molecular formula is C22H20O13. The van der Waals surface area contributed by atoms with Crippen LogP contribution in [0, 0.1) is 0 Å². The van der Waals surface area contributed by atoms with E-state index in [1.54, 1.807) is 0 Å². The molecule has 13 nitrogen and oxygen atoms in total. The number of ether oxygens (including phenoxy) is 3. The van der Waals surface area contributed by atoms with Crippen molar-refractivity contribution in [3.05, 3.63) is 40.6 Å². The van der Waals surface area contributed by atoms with E-state index < -0.39 is 70.3 Å². The molecule has 35 heavy (non-hydrogen) atoms. The lowest BCUT2D eigenvalue weighted by molar-refractivity contribution is -0.271. The van der Waals surface area contributed by atoms with Gasteiger partial charge in [0.1, 0.15) is 35.2 Å². The van der Waals surface area contributed by atoms with E-state index in [0.29, 0.717) is 0 Å². The molecule has 1 fully saturated rings. The molecule has 7 N–H and O–H groups in total. The van der Waals surface area contributed by atoms with E-state index in [0.717, 1.165) is 6.07 Å². The van der Waals surface area contributed by atoms with Crippen molar-refractivity contribution in [2.45, 2.75) is 30.7 Å². The van der Waals surface area contributed by atoms with E-state index in [2.05, 4.69) is 0 Å². The molecule has 2 aromatic carbocycles. The van der Waals surface area contributed by atoms with Crippen molar-refractivity contribution < 1.29 is 59.2 Å². The Hall–Kier alpha value is -4.04. The molecule has 1 aliphatic rings. The zero-order chi connectivity index (χ0) is 25.6. The van der Waals surface area contributed by atoms with Crippen LogP contribution in [0.5, 0.6) is 28.7 Å². The Morgan fingerprint density at radius 2 is 1.63 bits per heavy atom. The molecule has 0 saturated carbocycles. The maximum atomic E-state index is 12.6. The first-order valence-corrected chi connectivity index (χ1v) is 10.0. The number of aliphatic hydroxyl groups excluding tert-OH is 3. The summed E-state index contributed by atoms with van der Waals surface area (Å²) in [4.78, 5) is 23.8. The zero-order valence-electron chi connectivity index (χ0n) is 17.9. The smallest absolute Gasteiger partial charge is 0.335 e. The van der Waals surface area contributed by atoms with Crippen LogP contribution in [0.25, 0.3) is 22.3 Å². The van der Waals surface area contributed by atoms with E-state index in [4.69, 9.17) is 23.7 Å². The summed E-state index contributed by atoms with van der Waals surface area (Å²) in [6.07, 6.45) is -8.98. The average Bonchev–Trinajstić information content (AvgIpc) is 2.83. The van der Waals surface area contributed by atoms with Crippen molar-refractivity contribution in [2.75, 3.05) is 7.11 Å². The molecule has 1 aromatic heterocycles. The van der Waals surface area contributed by atoms with Gasteiger partial charge in [0.05, 0.1) is 7.11 Å². The maximum Gasteiger partial charge on any atom is 0.335 e. The van der Waals surface area contributed by atoms with Crippen molar-refractivity contribution in [1.82, 2.24) is 0 Å². The highest BCUT2D eigenvalue weighted by Crippen LogP contribution is 2.42. The van der Waals surface area contributed by atoms with Crippen LogP contribution in [0.3, 0.4) is 0 Å². The predicted molar refractivity (Wildman–Crippen MR) is 114 cm³/mol. The number of aliphatic hydroxyl groups is 3. The number of carboxylic acids is 1. The maximum absolute atomic E-state index is 12.6. The first-order valence-electron chi connectivity index (χ1n) is 10.0. The van der Waals surface area contributed by atoms with Crippen LogP contribution in [0.1, 0.15) is 0 Å². The second kappa shape index (κ2) is 8.96. The van der Waals surface area contributed by atoms with Crippen LogP contribution in [0.15, 0.2) is 39.5 Å². The highest BCUT2D eigenvalue weighted by Gasteiger charge is 2.48. The second-order valence-corrected chi connectivity index (χ2v) is 7.64. The highest BCUT2D eigenvalue weighted by molar-refractivity contribution is 5.93. The van der Waals surface area contributed by atoms with Gasteiger partial charge in [-0.15, -0.1) is 0 Å². The van der Waals surface area contributed by atoms with Gasteiger partial charge in [-0.25, -0.2) is 4.79 Å². The fourth-order valence-corrected chi connectivity index (χ4v) is 3.62. The highest BCUT2D eigenvalue weighted by atomic mass is 16.7. The third-order valence-corrected chi connectivity index (χ3v) is 5.46. The largest absolute Gasteiger partial charge is 0.507 e. The lowest BCUT2D eigenvalue weighted by atomic mass is 9.99. The van der Waals surface area contributed by atoms with Gasteiger partial charge in [-0.1, -0.05) is 0 Å². The minimum atomic E-state index is -1.88. The number of aromatic hydroxyl groups is 3. The molecule has 3 aromatic rings. The number of methoxy groups -OCH3 is 1. The molecule has 13 heteroatoms. The quantitative estimate of drug-likeness (QED) is 0.231. The van der Waals surface area contributed by atoms with Crippen LogP contribution in [-0.2, 0) is 9.53 Å². The molecule has 0 bridgehead atoms. The molecule has 5 unspecified atom stereocenters. The second-order valence-electron chi connectivity index (χ2n) is 7.64. The van der Waals surface area contributed by atoms with Crippen molar-refractivity contribution in [3.63, 3.8) is 0 Å². The monoisotopic (exact) mass is 492 g/mol. The fraction of sp³-hybridized carbons (Fsp3) is 0.273. The van der Waals surface area contributed by atoms with Gasteiger partial charge >= 0.3 is 5.97 Å². The standard InChI is InChI=1S/C22H20O13/c1-32-10-6-9(23)11-13(25)15(27)18(34-19(11)12(10)24)7-2-4-8(5-3-7)33-22-17(29)14(26)16(28)20(35-22)21(30)31/h2-6,14,16-17,20,22-24,26-29H,1H3,(H,30,31). The van der Waals surface area contributed by atoms with Gasteiger partial charge in [-0.3, -0.25) is 4.79 Å². The topological polar surface area (TPSA) is 217 Å². The van der Waals surface area contributed by atoms with Gasteiger partial charge in [-0.05, 0) is 24.3 Å². The van der Waals surface area contributed by atoms with Gasteiger partial charge in [-0.2, -0.15) is 0 Å². The molecule has 1 aliphatic heterocycles. The van der Waals surface area contributed by atoms with Gasteiger partial charge in [0.15, 0.2) is 23.2 Å². The summed E-state index contributed by atoms with van der Waals surface area (Å²) in [6.45, 7) is 0. The third kappa shape index (κ3) is 4.06. The van der Waals surface area contributed by atoms with Gasteiger partial charge in [0.2, 0.25) is 23.2 Å². The van der Waals surface area contributed by atoms with E-state index in [9.17, 15) is 40.2 Å². The number of hydrogen-bond donors (Lipinski definition) is 7.